The Morgan fingerprint density at radius 1 is 0.308 bits per heavy atom. The molecule has 0 spiro atoms. The fourth-order valence-electron chi connectivity index (χ4n) is 7.35. The van der Waals surface area contributed by atoms with E-state index < -0.39 is 0 Å². The number of rotatable bonds is 6. The highest BCUT2D eigenvalue weighted by Gasteiger charge is 2.15. The molecule has 0 saturated heterocycles. The van der Waals surface area contributed by atoms with E-state index in [0.29, 0.717) is 5.56 Å². The summed E-state index contributed by atoms with van der Waals surface area (Å²) in [4.78, 5) is 5.07. The summed E-state index contributed by atoms with van der Waals surface area (Å²) >= 11 is 0. The van der Waals surface area contributed by atoms with Crippen LogP contribution in [0, 0.1) is 11.3 Å². The van der Waals surface area contributed by atoms with Crippen molar-refractivity contribution in [3.8, 4) is 73.1 Å². The molecule has 2 nitrogen and oxygen atoms in total. The highest BCUT2D eigenvalue weighted by Crippen LogP contribution is 2.41. The molecule has 0 amide bonds. The number of pyridine rings is 1. The molecule has 0 bridgehead atoms. The van der Waals surface area contributed by atoms with E-state index in [1.807, 2.05) is 36.4 Å². The van der Waals surface area contributed by atoms with Gasteiger partial charge < -0.3 is 0 Å². The van der Waals surface area contributed by atoms with Crippen LogP contribution in [0.15, 0.2) is 194 Å². The number of nitriles is 1. The van der Waals surface area contributed by atoms with E-state index in [1.165, 1.54) is 43.8 Å². The molecule has 1 heterocycles. The first-order valence-corrected chi connectivity index (χ1v) is 17.5. The van der Waals surface area contributed by atoms with Gasteiger partial charge in [0.15, 0.2) is 0 Å². The number of hydrogen-bond acceptors (Lipinski definition) is 2. The number of fused-ring (bicyclic) bond motifs is 2. The fourth-order valence-corrected chi connectivity index (χ4v) is 7.35. The second-order valence-corrected chi connectivity index (χ2v) is 13.0. The zero-order valence-electron chi connectivity index (χ0n) is 28.4. The summed E-state index contributed by atoms with van der Waals surface area (Å²) in [5, 5.41) is 14.1. The zero-order valence-corrected chi connectivity index (χ0v) is 28.4. The molecule has 0 fully saturated rings. The van der Waals surface area contributed by atoms with Gasteiger partial charge in [0, 0.05) is 11.1 Å². The van der Waals surface area contributed by atoms with Gasteiger partial charge in [0.1, 0.15) is 0 Å². The molecule has 9 rings (SSSR count). The number of hydrogen-bond donors (Lipinski definition) is 0. The van der Waals surface area contributed by atoms with Crippen LogP contribution >= 0.6 is 0 Å². The van der Waals surface area contributed by atoms with E-state index in [0.717, 1.165) is 44.8 Å². The average molecular weight is 661 g/mol. The lowest BCUT2D eigenvalue weighted by atomic mass is 9.88. The third-order valence-electron chi connectivity index (χ3n) is 9.96. The quantitative estimate of drug-likeness (QED) is 0.178. The van der Waals surface area contributed by atoms with Gasteiger partial charge in [-0.25, -0.2) is 4.98 Å². The van der Waals surface area contributed by atoms with Crippen molar-refractivity contribution in [3.05, 3.63) is 200 Å². The van der Waals surface area contributed by atoms with Gasteiger partial charge in [-0.1, -0.05) is 170 Å². The van der Waals surface area contributed by atoms with Crippen molar-refractivity contribution in [2.24, 2.45) is 0 Å². The first kappa shape index (κ1) is 30.9. The third kappa shape index (κ3) is 5.71. The molecule has 0 saturated carbocycles. The van der Waals surface area contributed by atoms with Gasteiger partial charge in [0.25, 0.3) is 0 Å². The van der Waals surface area contributed by atoms with E-state index in [2.05, 4.69) is 164 Å². The Morgan fingerprint density at radius 2 is 0.673 bits per heavy atom. The molecule has 0 radical (unpaired) electrons. The van der Waals surface area contributed by atoms with E-state index >= 15 is 0 Å². The highest BCUT2D eigenvalue weighted by atomic mass is 14.7. The molecule has 8 aromatic carbocycles. The highest BCUT2D eigenvalue weighted by molar-refractivity contribution is 6.12. The maximum atomic E-state index is 9.31. The van der Waals surface area contributed by atoms with Gasteiger partial charge in [0.2, 0.25) is 0 Å². The molecule has 0 unspecified atom stereocenters. The summed E-state index contributed by atoms with van der Waals surface area (Å²) in [7, 11) is 0. The van der Waals surface area contributed by atoms with Crippen molar-refractivity contribution in [2.75, 3.05) is 0 Å². The minimum atomic E-state index is 0.664. The minimum absolute atomic E-state index is 0.664. The average Bonchev–Trinajstić information content (AvgIpc) is 3.23. The Kier molecular flexibility index (Phi) is 7.93. The molecule has 9 aromatic rings. The second-order valence-electron chi connectivity index (χ2n) is 13.0. The summed E-state index contributed by atoms with van der Waals surface area (Å²) in [6, 6.07) is 70.5. The standard InChI is InChI=1S/C50H32N2/c51-33-34-19-21-36(22-20-34)41-27-29-47(45-17-9-7-15-43(41)45)48-30-28-42(44-16-8-10-18-46(44)48)37-25-23-35(24-26-37)40-31-49(38-11-3-1-4-12-38)52-50(32-40)39-13-5-2-6-14-39/h1-32H. The van der Waals surface area contributed by atoms with Crippen LogP contribution in [-0.2, 0) is 0 Å². The first-order chi connectivity index (χ1) is 25.7. The fraction of sp³-hybridized carbons (Fsp3) is 0. The molecule has 52 heavy (non-hydrogen) atoms. The molecular weight excluding hydrogens is 629 g/mol. The van der Waals surface area contributed by atoms with Crippen molar-refractivity contribution in [2.45, 2.75) is 0 Å². The number of benzene rings is 8. The monoisotopic (exact) mass is 660 g/mol. The summed E-state index contributed by atoms with van der Waals surface area (Å²) in [5.41, 5.74) is 14.1. The molecule has 1 aromatic heterocycles. The Bertz CT molecular complexity index is 2700. The van der Waals surface area contributed by atoms with Crippen LogP contribution in [0.5, 0.6) is 0 Å². The lowest BCUT2D eigenvalue weighted by Gasteiger charge is -2.16. The first-order valence-electron chi connectivity index (χ1n) is 17.5. The van der Waals surface area contributed by atoms with E-state index in [1.54, 1.807) is 0 Å². The van der Waals surface area contributed by atoms with Crippen molar-refractivity contribution < 1.29 is 0 Å². The maximum absolute atomic E-state index is 9.31. The van der Waals surface area contributed by atoms with Gasteiger partial charge >= 0.3 is 0 Å². The second kappa shape index (κ2) is 13.3. The Balaban J connectivity index is 1.11. The van der Waals surface area contributed by atoms with Crippen molar-refractivity contribution in [3.63, 3.8) is 0 Å². The smallest absolute Gasteiger partial charge is 0.0991 e. The topological polar surface area (TPSA) is 36.7 Å². The van der Waals surface area contributed by atoms with Crippen LogP contribution in [0.25, 0.3) is 88.6 Å². The SMILES string of the molecule is N#Cc1ccc(-c2ccc(-c3ccc(-c4ccc(-c5cc(-c6ccccc6)nc(-c6ccccc6)c5)cc4)c4ccccc34)c3ccccc23)cc1. The predicted molar refractivity (Wildman–Crippen MR) is 217 cm³/mol. The molecule has 0 aliphatic carbocycles. The Morgan fingerprint density at radius 3 is 1.12 bits per heavy atom. The zero-order chi connectivity index (χ0) is 34.9. The molecule has 0 aliphatic heterocycles. The Labute approximate surface area is 303 Å². The largest absolute Gasteiger partial charge is 0.248 e. The minimum Gasteiger partial charge on any atom is -0.248 e. The maximum Gasteiger partial charge on any atom is 0.0991 e. The third-order valence-corrected chi connectivity index (χ3v) is 9.96. The van der Waals surface area contributed by atoms with Crippen LogP contribution in [0.3, 0.4) is 0 Å². The van der Waals surface area contributed by atoms with Gasteiger partial charge in [-0.15, -0.1) is 0 Å². The summed E-state index contributed by atoms with van der Waals surface area (Å²) in [6.07, 6.45) is 0. The van der Waals surface area contributed by atoms with Crippen LogP contribution in [0.2, 0.25) is 0 Å². The molecular formula is C50H32N2. The molecule has 0 atom stereocenters. The van der Waals surface area contributed by atoms with E-state index in [4.69, 9.17) is 4.98 Å². The summed E-state index contributed by atoms with van der Waals surface area (Å²) in [6.45, 7) is 0. The molecule has 2 heteroatoms. The number of nitrogens with zero attached hydrogens (tertiary/aromatic N) is 2. The van der Waals surface area contributed by atoms with Crippen molar-refractivity contribution >= 4 is 21.5 Å². The lowest BCUT2D eigenvalue weighted by Crippen LogP contribution is -1.91. The Hall–Kier alpha value is -7.08. The van der Waals surface area contributed by atoms with Crippen molar-refractivity contribution in [1.29, 1.82) is 5.26 Å². The van der Waals surface area contributed by atoms with Crippen LogP contribution in [0.4, 0.5) is 0 Å². The summed E-state index contributed by atoms with van der Waals surface area (Å²) in [5.74, 6) is 0. The molecule has 0 aliphatic rings. The lowest BCUT2D eigenvalue weighted by molar-refractivity contribution is 1.32. The van der Waals surface area contributed by atoms with Gasteiger partial charge in [-0.3, -0.25) is 0 Å². The van der Waals surface area contributed by atoms with Gasteiger partial charge in [0.05, 0.1) is 23.0 Å². The van der Waals surface area contributed by atoms with Crippen LogP contribution in [0.1, 0.15) is 5.56 Å². The van der Waals surface area contributed by atoms with Crippen LogP contribution in [-0.4, -0.2) is 4.98 Å². The van der Waals surface area contributed by atoms with Crippen molar-refractivity contribution in [1.82, 2.24) is 4.98 Å². The normalized spacial score (nSPS) is 11.1. The van der Waals surface area contributed by atoms with Crippen LogP contribution < -0.4 is 0 Å². The summed E-state index contributed by atoms with van der Waals surface area (Å²) < 4.78 is 0. The van der Waals surface area contributed by atoms with E-state index in [-0.39, 0.29) is 0 Å². The predicted octanol–water partition coefficient (Wildman–Crippen LogP) is 13.3. The molecule has 242 valence electrons. The van der Waals surface area contributed by atoms with Gasteiger partial charge in [-0.05, 0) is 90.3 Å². The van der Waals surface area contributed by atoms with Gasteiger partial charge in [-0.2, -0.15) is 5.26 Å². The number of aromatic nitrogens is 1. The molecule has 0 N–H and O–H groups in total. The van der Waals surface area contributed by atoms with E-state index in [9.17, 15) is 5.26 Å².